The minimum atomic E-state index is -0.0851. The monoisotopic (exact) mass is 1900 g/mol. The minimum absolute atomic E-state index is 0.0512. The van der Waals surface area contributed by atoms with E-state index in [1.165, 1.54) is 13.7 Å². The predicted octanol–water partition coefficient (Wildman–Crippen LogP) is 17.8. The number of pyridine rings is 6. The lowest BCUT2D eigenvalue weighted by atomic mass is 10.1. The molecule has 0 fully saturated rings. The van der Waals surface area contributed by atoms with E-state index in [4.69, 9.17) is 85.3 Å². The molecule has 726 valence electrons. The fourth-order valence-electron chi connectivity index (χ4n) is 14.8. The minimum Gasteiger partial charge on any atom is -0.497 e. The van der Waals surface area contributed by atoms with Gasteiger partial charge in [-0.05, 0) is 207 Å². The molecule has 0 aliphatic rings. The highest BCUT2D eigenvalue weighted by atomic mass is 16.5. The van der Waals surface area contributed by atoms with Gasteiger partial charge < -0.3 is 113 Å². The van der Waals surface area contributed by atoms with Crippen molar-refractivity contribution in [3.63, 3.8) is 0 Å². The van der Waals surface area contributed by atoms with Gasteiger partial charge in [0.25, 0.3) is 33.4 Å². The first kappa shape index (κ1) is 102. The highest BCUT2D eigenvalue weighted by Crippen LogP contribution is 2.40. The molecule has 0 aliphatic heterocycles. The summed E-state index contributed by atoms with van der Waals surface area (Å²) in [4.78, 5) is 73.3. The number of benzene rings is 11. The van der Waals surface area contributed by atoms with Crippen molar-refractivity contribution in [2.24, 2.45) is 42.3 Å². The van der Waals surface area contributed by atoms with Gasteiger partial charge in [0.2, 0.25) is 0 Å². The van der Waals surface area contributed by atoms with Gasteiger partial charge in [-0.15, -0.1) is 0 Å². The summed E-state index contributed by atoms with van der Waals surface area (Å²) < 4.78 is 108. The van der Waals surface area contributed by atoms with Crippen LogP contribution in [0.1, 0.15) is 27.8 Å². The second-order valence-electron chi connectivity index (χ2n) is 31.5. The number of hydrogen-bond acceptors (Lipinski definition) is 24. The number of fused-ring (bicyclic) bond motifs is 6. The number of methoxy groups -OCH3 is 12. The van der Waals surface area contributed by atoms with Gasteiger partial charge in [0.1, 0.15) is 74.1 Å². The van der Waals surface area contributed by atoms with Crippen molar-refractivity contribution >= 4 is 64.6 Å². The van der Waals surface area contributed by atoms with Gasteiger partial charge in [0, 0.05) is 102 Å². The zero-order chi connectivity index (χ0) is 100. The molecule has 0 N–H and O–H groups in total. The van der Waals surface area contributed by atoms with Crippen LogP contribution in [0.3, 0.4) is 0 Å². The van der Waals surface area contributed by atoms with Crippen molar-refractivity contribution in [2.45, 2.75) is 33.0 Å². The number of aryl methyl sites for hydroxylation is 6. The first-order valence-electron chi connectivity index (χ1n) is 43.9. The van der Waals surface area contributed by atoms with Crippen LogP contribution in [-0.2, 0) is 75.3 Å². The van der Waals surface area contributed by atoms with E-state index in [1.807, 2.05) is 158 Å². The number of aromatic nitrogens is 6. The van der Waals surface area contributed by atoms with Crippen LogP contribution in [0, 0.1) is 0 Å². The molecule has 0 saturated heterocycles. The molecule has 0 radical (unpaired) electrons. The molecule has 17 rings (SSSR count). The maximum atomic E-state index is 12.4. The summed E-state index contributed by atoms with van der Waals surface area (Å²) in [5.41, 5.74) is 4.39. The third kappa shape index (κ3) is 24.9. The molecular formula is C110H112N6O24. The number of hydrogen-bond donors (Lipinski definition) is 0. The quantitative estimate of drug-likeness (QED) is 0.0378. The molecule has 0 saturated carbocycles. The average Bonchev–Trinajstić information content (AvgIpc) is 0.802. The Kier molecular flexibility index (Phi) is 35.1. The number of nitrogens with zero attached hydrogens (tertiary/aromatic N) is 6. The lowest BCUT2D eigenvalue weighted by Crippen LogP contribution is -2.15. The van der Waals surface area contributed by atoms with Crippen LogP contribution in [-0.4, -0.2) is 119 Å². The van der Waals surface area contributed by atoms with Crippen LogP contribution in [0.25, 0.3) is 64.6 Å². The highest BCUT2D eigenvalue weighted by molar-refractivity contribution is 5.92. The Labute approximate surface area is 808 Å². The smallest absolute Gasteiger partial charge is 0.258 e. The summed E-state index contributed by atoms with van der Waals surface area (Å²) in [6.45, 7) is 5.72. The van der Waals surface area contributed by atoms with Crippen molar-refractivity contribution in [2.75, 3.05) is 91.9 Å². The van der Waals surface area contributed by atoms with Crippen molar-refractivity contribution in [1.29, 1.82) is 0 Å². The van der Waals surface area contributed by atoms with Gasteiger partial charge in [0.15, 0.2) is 69.0 Å². The summed E-state index contributed by atoms with van der Waals surface area (Å²) in [5, 5.41) is 8.35. The predicted molar refractivity (Wildman–Crippen MR) is 543 cm³/mol. The molecule has 6 aromatic heterocycles. The zero-order valence-corrected chi connectivity index (χ0v) is 81.3. The van der Waals surface area contributed by atoms with Crippen molar-refractivity contribution in [1.82, 2.24) is 27.4 Å². The highest BCUT2D eigenvalue weighted by Gasteiger charge is 2.20. The maximum absolute atomic E-state index is 12.4. The number of rotatable bonds is 30. The molecule has 0 aliphatic carbocycles. The fourth-order valence-corrected chi connectivity index (χ4v) is 14.8. The van der Waals surface area contributed by atoms with Crippen molar-refractivity contribution in [3.8, 4) is 103 Å². The summed E-state index contributed by atoms with van der Waals surface area (Å²) in [6, 6.07) is 68.7. The van der Waals surface area contributed by atoms with Gasteiger partial charge in [-0.1, -0.05) is 67.3 Å². The van der Waals surface area contributed by atoms with E-state index in [-0.39, 0.29) is 40.0 Å². The van der Waals surface area contributed by atoms with Crippen molar-refractivity contribution in [3.05, 3.63) is 364 Å². The van der Waals surface area contributed by atoms with Gasteiger partial charge in [-0.3, -0.25) is 28.8 Å². The summed E-state index contributed by atoms with van der Waals surface area (Å²) in [6.07, 6.45) is 12.0. The SMILES string of the molecule is C=CCOc1c(OC)ccc2c(=O)n(C)ccc12.COc1cc(COc2cc3c(=O)n(C)ccc3cc2OC)cc(OC)c1.COc1cc(COc2cc3ccn(C)c(=O)c3cc2OC)cc(OC)c1.COc1ccc2c(=O)n(C)ccc2c1OCc1ccccc1.COc1cccc(COc2cc3c(=O)n(C)ccc3cc2OC)c1.COc1cccc(COc2cc3ccn(C)c(=O)c3cc2OC)c1. The van der Waals surface area contributed by atoms with Crippen LogP contribution in [0.5, 0.6) is 103 Å². The molecule has 30 heteroatoms. The van der Waals surface area contributed by atoms with Gasteiger partial charge in [-0.2, -0.15) is 0 Å². The van der Waals surface area contributed by atoms with E-state index < -0.39 is 0 Å². The van der Waals surface area contributed by atoms with Gasteiger partial charge in [-0.25, -0.2) is 0 Å². The second-order valence-corrected chi connectivity index (χ2v) is 31.5. The Bertz CT molecular complexity index is 7610. The molecule has 0 unspecified atom stereocenters. The topological polar surface area (TPSA) is 298 Å². The first-order valence-corrected chi connectivity index (χ1v) is 43.9. The Morgan fingerprint density at radius 2 is 0.479 bits per heavy atom. The van der Waals surface area contributed by atoms with E-state index in [1.54, 1.807) is 251 Å². The van der Waals surface area contributed by atoms with Crippen LogP contribution < -0.4 is 119 Å². The summed E-state index contributed by atoms with van der Waals surface area (Å²) >= 11 is 0. The normalized spacial score (nSPS) is 10.6. The van der Waals surface area contributed by atoms with E-state index in [0.717, 1.165) is 71.6 Å². The van der Waals surface area contributed by atoms with Crippen LogP contribution in [0.4, 0.5) is 0 Å². The Morgan fingerprint density at radius 1 is 0.214 bits per heavy atom. The molecule has 0 spiro atoms. The van der Waals surface area contributed by atoms with E-state index >= 15 is 0 Å². The molecule has 0 bridgehead atoms. The number of ether oxygens (including phenoxy) is 18. The molecule has 17 aromatic rings. The van der Waals surface area contributed by atoms with Crippen LogP contribution in [0.2, 0.25) is 0 Å². The Hall–Kier alpha value is -17.2. The fraction of sp³-hybridized carbons (Fsp3) is 0.218. The molecular weight excluding hydrogens is 1790 g/mol. The Balaban J connectivity index is 0.000000151. The van der Waals surface area contributed by atoms with Gasteiger partial charge in [0.05, 0.1) is 118 Å². The third-order valence-electron chi connectivity index (χ3n) is 22.5. The van der Waals surface area contributed by atoms with Crippen LogP contribution >= 0.6 is 0 Å². The summed E-state index contributed by atoms with van der Waals surface area (Å²) in [5.74, 6) is 11.1. The van der Waals surface area contributed by atoms with Gasteiger partial charge >= 0.3 is 0 Å². The largest absolute Gasteiger partial charge is 0.497 e. The zero-order valence-electron chi connectivity index (χ0n) is 81.3. The first-order chi connectivity index (χ1) is 67.7. The molecule has 30 nitrogen and oxygen atoms in total. The van der Waals surface area contributed by atoms with E-state index in [9.17, 15) is 28.8 Å². The lowest BCUT2D eigenvalue weighted by Gasteiger charge is -2.14. The van der Waals surface area contributed by atoms with Crippen LogP contribution in [0.15, 0.2) is 303 Å². The van der Waals surface area contributed by atoms with E-state index in [0.29, 0.717) is 157 Å². The van der Waals surface area contributed by atoms with Crippen molar-refractivity contribution < 1.29 is 85.3 Å². The lowest BCUT2D eigenvalue weighted by molar-refractivity contribution is 0.283. The average molecular weight is 1900 g/mol. The molecule has 0 amide bonds. The molecule has 6 heterocycles. The molecule has 11 aromatic carbocycles. The maximum Gasteiger partial charge on any atom is 0.258 e. The molecule has 0 atom stereocenters. The Morgan fingerprint density at radius 3 is 0.800 bits per heavy atom. The second kappa shape index (κ2) is 48.3. The summed E-state index contributed by atoms with van der Waals surface area (Å²) in [7, 11) is 29.4. The van der Waals surface area contributed by atoms with E-state index in [2.05, 4.69) is 6.58 Å². The third-order valence-corrected chi connectivity index (χ3v) is 22.5. The standard InChI is InChI=1S/2C20H21NO5.2C19H19NO4.C18H17NO3.C14H15NO3/c1-21-6-5-14-9-19(18(25-4)11-17(14)20(21)22)26-12-13-7-15(23-2)10-16(8-13)24-3;1-21-6-5-14-9-18(25-4)19(11-17(14)20(21)22)26-12-13-7-15(23-2)10-16(8-13)24-3;1-20-8-7-14-10-18(17(23-3)11-16(14)19(20)21)24-12-13-5-4-6-15(9-13)22-2;1-20-8-7-14-10-17(23-3)18(11-16(14)19(20)21)24-12-13-5-4-6-15(9-13)22-2;1-19-11-10-14-15(18(19)20)8-9-16(21-2)17(14)22-12-13-6-4-3-5-7-13;1-4-9-18-13-10-7-8-15(2)14(16)11(10)5-6-12(13)17-3/h2*5-11H,12H2,1-4H3;2*4-11H,12H2,1-3H3;3-11H,12H2,1-2H3;4-8H,1,9H2,2-3H3. The molecule has 140 heavy (non-hydrogen) atoms.